The van der Waals surface area contributed by atoms with E-state index >= 15 is 0 Å². The third-order valence-electron chi connectivity index (χ3n) is 5.99. The summed E-state index contributed by atoms with van der Waals surface area (Å²) >= 11 is 5.64. The summed E-state index contributed by atoms with van der Waals surface area (Å²) in [5.41, 5.74) is 0.846. The van der Waals surface area contributed by atoms with Crippen LogP contribution in [0.1, 0.15) is 40.0 Å². The second-order valence-electron chi connectivity index (χ2n) is 8.07. The first-order chi connectivity index (χ1) is 12.4. The maximum absolute atomic E-state index is 12.1. The molecule has 0 aromatic heterocycles. The Labute approximate surface area is 161 Å². The molecule has 1 aliphatic carbocycles. The van der Waals surface area contributed by atoms with Gasteiger partial charge in [0, 0.05) is 25.5 Å². The minimum absolute atomic E-state index is 0.0692. The molecule has 26 heavy (non-hydrogen) atoms. The van der Waals surface area contributed by atoms with Gasteiger partial charge in [0.2, 0.25) is 0 Å². The Balaban J connectivity index is 1.72. The van der Waals surface area contributed by atoms with Gasteiger partial charge in [0.15, 0.2) is 0 Å². The van der Waals surface area contributed by atoms with E-state index in [9.17, 15) is 4.79 Å². The number of hydrogen-bond acceptors (Lipinski definition) is 4. The number of epoxide rings is 2. The van der Waals surface area contributed by atoms with Crippen molar-refractivity contribution in [2.45, 2.75) is 69.5 Å². The number of nitrogens with one attached hydrogen (secondary N) is 2. The predicted octanol–water partition coefficient (Wildman–Crippen LogP) is 2.60. The van der Waals surface area contributed by atoms with Crippen LogP contribution in [0.25, 0.3) is 0 Å². The quantitative estimate of drug-likeness (QED) is 0.400. The van der Waals surface area contributed by atoms with E-state index in [0.717, 1.165) is 25.9 Å². The van der Waals surface area contributed by atoms with E-state index in [-0.39, 0.29) is 41.4 Å². The molecule has 0 bridgehead atoms. The van der Waals surface area contributed by atoms with Gasteiger partial charge in [0.25, 0.3) is 0 Å². The summed E-state index contributed by atoms with van der Waals surface area (Å²) in [6, 6.07) is -0.271. The zero-order valence-corrected chi connectivity index (χ0v) is 16.9. The molecule has 148 valence electrons. The van der Waals surface area contributed by atoms with E-state index in [1.54, 1.807) is 7.11 Å². The third-order valence-corrected chi connectivity index (χ3v) is 6.18. The SMILES string of the molecule is CO[C@@H]1[C@H](NC(=O)NCCCl)CC[C@]2(CO2)[C@H]1[C@@]1(C)O[C@@H]1CC=C(C)C. The molecule has 1 saturated carbocycles. The second kappa shape index (κ2) is 7.66. The van der Waals surface area contributed by atoms with Crippen molar-refractivity contribution in [2.75, 3.05) is 26.1 Å². The van der Waals surface area contributed by atoms with Crippen LogP contribution in [0.4, 0.5) is 4.79 Å². The summed E-state index contributed by atoms with van der Waals surface area (Å²) in [6.07, 6.45) is 4.89. The van der Waals surface area contributed by atoms with Crippen molar-refractivity contribution in [1.82, 2.24) is 10.6 Å². The van der Waals surface area contributed by atoms with Crippen LogP contribution in [0.3, 0.4) is 0 Å². The molecule has 0 unspecified atom stereocenters. The number of hydrogen-bond donors (Lipinski definition) is 2. The largest absolute Gasteiger partial charge is 0.379 e. The van der Waals surface area contributed by atoms with Crippen LogP contribution in [-0.4, -0.2) is 61.6 Å². The van der Waals surface area contributed by atoms with Crippen LogP contribution >= 0.6 is 11.6 Å². The molecular formula is C19H31ClN2O4. The van der Waals surface area contributed by atoms with Gasteiger partial charge in [0.1, 0.15) is 5.60 Å². The van der Waals surface area contributed by atoms with Crippen LogP contribution in [-0.2, 0) is 14.2 Å². The van der Waals surface area contributed by atoms with E-state index in [1.165, 1.54) is 5.57 Å². The minimum atomic E-state index is -0.282. The van der Waals surface area contributed by atoms with Gasteiger partial charge in [-0.1, -0.05) is 11.6 Å². The number of alkyl halides is 1. The number of carbonyl (C=O) groups excluding carboxylic acids is 1. The fourth-order valence-electron chi connectivity index (χ4n) is 4.52. The first kappa shape index (κ1) is 19.9. The number of halogens is 1. The fourth-order valence-corrected chi connectivity index (χ4v) is 4.62. The first-order valence-electron chi connectivity index (χ1n) is 9.44. The highest BCUT2D eigenvalue weighted by Crippen LogP contribution is 2.59. The summed E-state index contributed by atoms with van der Waals surface area (Å²) in [7, 11) is 1.71. The normalized spacial score (nSPS) is 40.8. The molecule has 0 radical (unpaired) electrons. The highest BCUT2D eigenvalue weighted by Gasteiger charge is 2.71. The Morgan fingerprint density at radius 2 is 2.15 bits per heavy atom. The lowest BCUT2D eigenvalue weighted by atomic mass is 9.67. The van der Waals surface area contributed by atoms with E-state index in [4.69, 9.17) is 25.8 Å². The molecule has 7 heteroatoms. The van der Waals surface area contributed by atoms with Gasteiger partial charge in [-0.05, 0) is 40.0 Å². The lowest BCUT2D eigenvalue weighted by Crippen LogP contribution is -2.60. The number of amides is 2. The molecule has 0 aromatic rings. The third kappa shape index (κ3) is 3.88. The molecule has 6 nitrogen and oxygen atoms in total. The minimum Gasteiger partial charge on any atom is -0.379 e. The molecule has 2 saturated heterocycles. The van der Waals surface area contributed by atoms with Gasteiger partial charge in [-0.3, -0.25) is 0 Å². The maximum Gasteiger partial charge on any atom is 0.315 e. The molecule has 2 amide bonds. The topological polar surface area (TPSA) is 75.4 Å². The van der Waals surface area contributed by atoms with E-state index in [0.29, 0.717) is 12.4 Å². The van der Waals surface area contributed by atoms with E-state index in [1.807, 2.05) is 0 Å². The second-order valence-corrected chi connectivity index (χ2v) is 8.45. The lowest BCUT2D eigenvalue weighted by molar-refractivity contribution is -0.0653. The van der Waals surface area contributed by atoms with Crippen LogP contribution in [0, 0.1) is 5.92 Å². The molecule has 3 rings (SSSR count). The summed E-state index contributed by atoms with van der Waals surface area (Å²) in [6.45, 7) is 7.55. The Kier molecular flexibility index (Phi) is 5.87. The number of methoxy groups -OCH3 is 1. The molecule has 1 spiro atoms. The molecule has 2 aliphatic heterocycles. The Hall–Kier alpha value is -0.820. The average Bonchev–Trinajstić information content (AvgIpc) is 3.50. The highest BCUT2D eigenvalue weighted by molar-refractivity contribution is 6.18. The number of ether oxygens (including phenoxy) is 3. The number of rotatable bonds is 7. The Bertz CT molecular complexity index is 562. The summed E-state index contributed by atoms with van der Waals surface area (Å²) in [5.74, 6) is 0.492. The predicted molar refractivity (Wildman–Crippen MR) is 101 cm³/mol. The molecule has 3 fully saturated rings. The molecule has 3 aliphatic rings. The molecule has 6 atom stereocenters. The van der Waals surface area contributed by atoms with Crippen molar-refractivity contribution in [2.24, 2.45) is 5.92 Å². The van der Waals surface area contributed by atoms with Gasteiger partial charge in [-0.25, -0.2) is 4.79 Å². The molecule has 2 heterocycles. The lowest BCUT2D eigenvalue weighted by Gasteiger charge is -2.43. The monoisotopic (exact) mass is 386 g/mol. The van der Waals surface area contributed by atoms with Crippen LogP contribution in [0.5, 0.6) is 0 Å². The van der Waals surface area contributed by atoms with Gasteiger partial charge >= 0.3 is 6.03 Å². The zero-order valence-electron chi connectivity index (χ0n) is 16.1. The number of urea groups is 1. The molecule has 0 aromatic carbocycles. The van der Waals surface area contributed by atoms with Crippen molar-refractivity contribution in [1.29, 1.82) is 0 Å². The fraction of sp³-hybridized carbons (Fsp3) is 0.842. The van der Waals surface area contributed by atoms with Crippen molar-refractivity contribution in [3.63, 3.8) is 0 Å². The van der Waals surface area contributed by atoms with Crippen molar-refractivity contribution >= 4 is 17.6 Å². The van der Waals surface area contributed by atoms with Crippen LogP contribution in [0.15, 0.2) is 11.6 Å². The van der Waals surface area contributed by atoms with Crippen LogP contribution in [0.2, 0.25) is 0 Å². The summed E-state index contributed by atoms with van der Waals surface area (Å²) in [5, 5.41) is 5.82. The standard InChI is InChI=1S/C19H31ClN2O4/c1-12(2)5-6-14-18(3,26-14)16-15(24-4)13(7-8-19(16)11-25-19)22-17(23)21-10-9-20/h5,13-16H,6-11H2,1-4H3,(H2,21,22,23)/t13-,14-,15-,16-,18+,19+/m1/s1. The Morgan fingerprint density at radius 1 is 1.42 bits per heavy atom. The van der Waals surface area contributed by atoms with Gasteiger partial charge in [-0.2, -0.15) is 0 Å². The number of allylic oxidation sites excluding steroid dienone is 1. The molecule has 2 N–H and O–H groups in total. The highest BCUT2D eigenvalue weighted by atomic mass is 35.5. The smallest absolute Gasteiger partial charge is 0.315 e. The van der Waals surface area contributed by atoms with Crippen molar-refractivity contribution < 1.29 is 19.0 Å². The number of carbonyl (C=O) groups is 1. The average molecular weight is 387 g/mol. The van der Waals surface area contributed by atoms with Gasteiger partial charge in [-0.15, -0.1) is 11.6 Å². The van der Waals surface area contributed by atoms with Crippen LogP contribution < -0.4 is 10.6 Å². The van der Waals surface area contributed by atoms with E-state index < -0.39 is 0 Å². The van der Waals surface area contributed by atoms with E-state index in [2.05, 4.69) is 37.5 Å². The zero-order chi connectivity index (χ0) is 18.9. The van der Waals surface area contributed by atoms with Gasteiger partial charge in [0.05, 0.1) is 30.5 Å². The summed E-state index contributed by atoms with van der Waals surface area (Å²) in [4.78, 5) is 12.1. The van der Waals surface area contributed by atoms with Gasteiger partial charge < -0.3 is 24.8 Å². The van der Waals surface area contributed by atoms with Crippen molar-refractivity contribution in [3.05, 3.63) is 11.6 Å². The van der Waals surface area contributed by atoms with Crippen molar-refractivity contribution in [3.8, 4) is 0 Å². The first-order valence-corrected chi connectivity index (χ1v) is 9.98. The Morgan fingerprint density at radius 3 is 2.73 bits per heavy atom. The summed E-state index contributed by atoms with van der Waals surface area (Å²) < 4.78 is 18.0. The maximum atomic E-state index is 12.1. The molecular weight excluding hydrogens is 356 g/mol.